The summed E-state index contributed by atoms with van der Waals surface area (Å²) in [7, 11) is 0. The Morgan fingerprint density at radius 3 is 2.72 bits per heavy atom. The summed E-state index contributed by atoms with van der Waals surface area (Å²) in [6, 6.07) is 13.2. The molecule has 0 fully saturated rings. The number of carbonyl (C=O) groups is 1. The van der Waals surface area contributed by atoms with Gasteiger partial charge >= 0.3 is 0 Å². The molecule has 148 valence electrons. The molecule has 0 saturated heterocycles. The standard InChI is InChI=1S/C17H16N8O4/c18-17-21-22-23-24(17)10-16(26)20-19-9-13-3-1-2-4-15(13)29-11-12-5-7-14(8-6-12)25(27)28/h1-9H,10-11H2,(H,20,26)(H2,18,21,23)/b19-9+. The molecule has 3 N–H and O–H groups in total. The number of nitro benzene ring substituents is 1. The third-order valence-electron chi connectivity index (χ3n) is 3.71. The van der Waals surface area contributed by atoms with Crippen molar-refractivity contribution in [2.24, 2.45) is 5.10 Å². The van der Waals surface area contributed by atoms with Gasteiger partial charge in [0, 0.05) is 17.7 Å². The molecule has 0 unspecified atom stereocenters. The van der Waals surface area contributed by atoms with Crippen LogP contribution in [-0.2, 0) is 17.9 Å². The first-order valence-electron chi connectivity index (χ1n) is 8.31. The number of hydrogen-bond donors (Lipinski definition) is 2. The Bertz CT molecular complexity index is 1030. The molecule has 0 aliphatic carbocycles. The molecule has 0 bridgehead atoms. The molecule has 2 aromatic carbocycles. The van der Waals surface area contributed by atoms with Gasteiger partial charge < -0.3 is 10.5 Å². The molecule has 0 saturated carbocycles. The number of aromatic nitrogens is 4. The van der Waals surface area contributed by atoms with Crippen molar-refractivity contribution >= 4 is 23.8 Å². The summed E-state index contributed by atoms with van der Waals surface area (Å²) in [6.45, 7) is 0.0439. The number of nitro groups is 1. The van der Waals surface area contributed by atoms with E-state index in [9.17, 15) is 14.9 Å². The second-order valence-electron chi connectivity index (χ2n) is 5.74. The number of amides is 1. The summed E-state index contributed by atoms with van der Waals surface area (Å²) < 4.78 is 6.89. The maximum Gasteiger partial charge on any atom is 0.269 e. The number of tetrazole rings is 1. The quantitative estimate of drug-likeness (QED) is 0.322. The third kappa shape index (κ3) is 5.32. The minimum Gasteiger partial charge on any atom is -0.488 e. The van der Waals surface area contributed by atoms with Crippen LogP contribution in [-0.4, -0.2) is 37.3 Å². The Hall–Kier alpha value is -4.35. The SMILES string of the molecule is Nc1nnnn1CC(=O)N/N=C/c1ccccc1OCc1ccc([N+](=O)[O-])cc1. The second-order valence-corrected chi connectivity index (χ2v) is 5.74. The number of rotatable bonds is 8. The number of hydrogen-bond acceptors (Lipinski definition) is 9. The van der Waals surface area contributed by atoms with Crippen molar-refractivity contribution in [1.29, 1.82) is 0 Å². The van der Waals surface area contributed by atoms with Crippen LogP contribution in [0.1, 0.15) is 11.1 Å². The highest BCUT2D eigenvalue weighted by Crippen LogP contribution is 2.19. The minimum atomic E-state index is -0.460. The highest BCUT2D eigenvalue weighted by molar-refractivity contribution is 5.85. The smallest absolute Gasteiger partial charge is 0.269 e. The molecule has 1 heterocycles. The zero-order valence-corrected chi connectivity index (χ0v) is 15.0. The average molecular weight is 396 g/mol. The minimum absolute atomic E-state index is 0.0143. The van der Waals surface area contributed by atoms with Crippen molar-refractivity contribution in [3.63, 3.8) is 0 Å². The number of benzene rings is 2. The zero-order valence-electron chi connectivity index (χ0n) is 15.0. The summed E-state index contributed by atoms with van der Waals surface area (Å²) in [5.41, 5.74) is 9.27. The van der Waals surface area contributed by atoms with Gasteiger partial charge in [-0.2, -0.15) is 5.10 Å². The predicted octanol–water partition coefficient (Wildman–Crippen LogP) is 0.893. The predicted molar refractivity (Wildman–Crippen MR) is 102 cm³/mol. The van der Waals surface area contributed by atoms with Gasteiger partial charge in [-0.3, -0.25) is 14.9 Å². The number of nitrogens with zero attached hydrogens (tertiary/aromatic N) is 6. The number of nitrogen functional groups attached to an aromatic ring is 1. The van der Waals surface area contributed by atoms with Crippen LogP contribution >= 0.6 is 0 Å². The zero-order chi connectivity index (χ0) is 20.6. The van der Waals surface area contributed by atoms with Crippen LogP contribution < -0.4 is 15.9 Å². The van der Waals surface area contributed by atoms with E-state index in [-0.39, 0.29) is 24.8 Å². The van der Waals surface area contributed by atoms with E-state index < -0.39 is 10.8 Å². The van der Waals surface area contributed by atoms with Crippen LogP contribution in [0.2, 0.25) is 0 Å². The van der Waals surface area contributed by atoms with E-state index in [4.69, 9.17) is 10.5 Å². The number of anilines is 1. The molecular formula is C17H16N8O4. The van der Waals surface area contributed by atoms with E-state index in [0.29, 0.717) is 11.3 Å². The van der Waals surface area contributed by atoms with Gasteiger partial charge in [0.1, 0.15) is 18.9 Å². The summed E-state index contributed by atoms with van der Waals surface area (Å²) in [5.74, 6) is 0.104. The number of carbonyl (C=O) groups excluding carboxylic acids is 1. The van der Waals surface area contributed by atoms with Crippen LogP contribution in [0.3, 0.4) is 0 Å². The Morgan fingerprint density at radius 2 is 2.03 bits per heavy atom. The molecule has 29 heavy (non-hydrogen) atoms. The lowest BCUT2D eigenvalue weighted by Gasteiger charge is -2.09. The van der Waals surface area contributed by atoms with Gasteiger partial charge in [0.05, 0.1) is 11.1 Å². The van der Waals surface area contributed by atoms with E-state index in [1.165, 1.54) is 18.3 Å². The Labute approximate surface area is 164 Å². The number of nitrogens with one attached hydrogen (secondary N) is 1. The summed E-state index contributed by atoms with van der Waals surface area (Å²) >= 11 is 0. The monoisotopic (exact) mass is 396 g/mol. The second kappa shape index (κ2) is 9.03. The fourth-order valence-electron chi connectivity index (χ4n) is 2.26. The van der Waals surface area contributed by atoms with Crippen molar-refractivity contribution < 1.29 is 14.5 Å². The lowest BCUT2D eigenvalue weighted by molar-refractivity contribution is -0.384. The van der Waals surface area contributed by atoms with E-state index >= 15 is 0 Å². The first-order chi connectivity index (χ1) is 14.0. The lowest BCUT2D eigenvalue weighted by atomic mass is 10.2. The van der Waals surface area contributed by atoms with Crippen molar-refractivity contribution in [2.75, 3.05) is 5.73 Å². The third-order valence-corrected chi connectivity index (χ3v) is 3.71. The topological polar surface area (TPSA) is 163 Å². The molecular weight excluding hydrogens is 380 g/mol. The normalized spacial score (nSPS) is 10.8. The van der Waals surface area contributed by atoms with Gasteiger partial charge in [0.15, 0.2) is 0 Å². The van der Waals surface area contributed by atoms with E-state index in [1.807, 2.05) is 0 Å². The maximum atomic E-state index is 11.8. The van der Waals surface area contributed by atoms with Crippen LogP contribution in [0, 0.1) is 10.1 Å². The van der Waals surface area contributed by atoms with Crippen LogP contribution in [0.4, 0.5) is 11.6 Å². The fraction of sp³-hybridized carbons (Fsp3) is 0.118. The first kappa shape index (κ1) is 19.4. The van der Waals surface area contributed by atoms with E-state index in [1.54, 1.807) is 36.4 Å². The van der Waals surface area contributed by atoms with Gasteiger partial charge in [0.2, 0.25) is 5.95 Å². The summed E-state index contributed by atoms with van der Waals surface area (Å²) in [5, 5.41) is 25.0. The Morgan fingerprint density at radius 1 is 1.28 bits per heavy atom. The largest absolute Gasteiger partial charge is 0.488 e. The van der Waals surface area contributed by atoms with E-state index in [0.717, 1.165) is 10.2 Å². The van der Waals surface area contributed by atoms with Crippen LogP contribution in [0.15, 0.2) is 53.6 Å². The molecule has 0 aliphatic heterocycles. The molecule has 3 aromatic rings. The van der Waals surface area contributed by atoms with Crippen LogP contribution in [0.5, 0.6) is 5.75 Å². The summed E-state index contributed by atoms with van der Waals surface area (Å²) in [4.78, 5) is 22.1. The lowest BCUT2D eigenvalue weighted by Crippen LogP contribution is -2.24. The van der Waals surface area contributed by atoms with Crippen molar-refractivity contribution in [3.8, 4) is 5.75 Å². The van der Waals surface area contributed by atoms with Crippen LogP contribution in [0.25, 0.3) is 0 Å². The van der Waals surface area contributed by atoms with Gasteiger partial charge in [-0.1, -0.05) is 17.2 Å². The first-order valence-corrected chi connectivity index (χ1v) is 8.31. The molecule has 3 rings (SSSR count). The van der Waals surface area contributed by atoms with Crippen molar-refractivity contribution in [1.82, 2.24) is 25.6 Å². The molecule has 12 nitrogen and oxygen atoms in total. The molecule has 0 atom stereocenters. The molecule has 0 aliphatic rings. The number of non-ortho nitro benzene ring substituents is 1. The molecule has 12 heteroatoms. The summed E-state index contributed by atoms with van der Waals surface area (Å²) in [6.07, 6.45) is 1.44. The molecule has 1 amide bonds. The van der Waals surface area contributed by atoms with Gasteiger partial charge in [-0.25, -0.2) is 10.1 Å². The highest BCUT2D eigenvalue weighted by Gasteiger charge is 2.08. The molecule has 1 aromatic heterocycles. The molecule has 0 radical (unpaired) electrons. The maximum absolute atomic E-state index is 11.8. The number of nitrogens with two attached hydrogens (primary N) is 1. The Balaban J connectivity index is 1.58. The van der Waals surface area contributed by atoms with Crippen molar-refractivity contribution in [2.45, 2.75) is 13.2 Å². The van der Waals surface area contributed by atoms with Crippen molar-refractivity contribution in [3.05, 3.63) is 69.8 Å². The fourth-order valence-corrected chi connectivity index (χ4v) is 2.26. The molecule has 0 spiro atoms. The highest BCUT2D eigenvalue weighted by atomic mass is 16.6. The number of ether oxygens (including phenoxy) is 1. The average Bonchev–Trinajstić information content (AvgIpc) is 3.12. The Kier molecular flexibility index (Phi) is 6.05. The van der Waals surface area contributed by atoms with Gasteiger partial charge in [0.25, 0.3) is 11.6 Å². The van der Waals surface area contributed by atoms with Gasteiger partial charge in [-0.15, -0.1) is 0 Å². The van der Waals surface area contributed by atoms with Gasteiger partial charge in [-0.05, 0) is 40.3 Å². The number of para-hydroxylation sites is 1. The van der Waals surface area contributed by atoms with E-state index in [2.05, 4.69) is 26.1 Å². The number of hydrazone groups is 1.